The zero-order valence-electron chi connectivity index (χ0n) is 12.8. The van der Waals surface area contributed by atoms with Gasteiger partial charge < -0.3 is 9.80 Å². The highest BCUT2D eigenvalue weighted by atomic mass is 79.9. The molecule has 0 unspecified atom stereocenters. The Kier molecular flexibility index (Phi) is 5.38. The average Bonchev–Trinajstić information content (AvgIpc) is 2.46. The lowest BCUT2D eigenvalue weighted by molar-refractivity contribution is 0.0610. The number of halogens is 2. The molecule has 5 heteroatoms. The molecule has 0 saturated carbocycles. The summed E-state index contributed by atoms with van der Waals surface area (Å²) in [6.07, 6.45) is 1.87. The highest BCUT2D eigenvalue weighted by Gasteiger charge is 2.28. The van der Waals surface area contributed by atoms with Gasteiger partial charge in [-0.1, -0.05) is 6.07 Å². The molecule has 2 rings (SSSR count). The third kappa shape index (κ3) is 3.64. The lowest BCUT2D eigenvalue weighted by atomic mass is 10.0. The highest BCUT2D eigenvalue weighted by Crippen LogP contribution is 2.24. The second-order valence-corrected chi connectivity index (χ2v) is 6.73. The van der Waals surface area contributed by atoms with Crippen molar-refractivity contribution in [3.05, 3.63) is 34.1 Å². The molecule has 1 aliphatic heterocycles. The molecule has 0 aliphatic carbocycles. The summed E-state index contributed by atoms with van der Waals surface area (Å²) in [6, 6.07) is 5.34. The van der Waals surface area contributed by atoms with Crippen LogP contribution in [0.15, 0.2) is 22.7 Å². The Morgan fingerprint density at radius 3 is 2.52 bits per heavy atom. The minimum Gasteiger partial charge on any atom is -0.339 e. The summed E-state index contributed by atoms with van der Waals surface area (Å²) >= 11 is 3.27. The van der Waals surface area contributed by atoms with Crippen molar-refractivity contribution in [1.29, 1.82) is 0 Å². The van der Waals surface area contributed by atoms with Gasteiger partial charge in [0.2, 0.25) is 0 Å². The zero-order valence-corrected chi connectivity index (χ0v) is 14.4. The number of likely N-dealkylation sites (tertiary alicyclic amines) is 1. The summed E-state index contributed by atoms with van der Waals surface area (Å²) in [4.78, 5) is 16.6. The molecular formula is C16H22BrFN2O. The van der Waals surface area contributed by atoms with Crippen LogP contribution in [-0.2, 0) is 0 Å². The van der Waals surface area contributed by atoms with Crippen molar-refractivity contribution < 1.29 is 9.18 Å². The number of benzene rings is 1. The average molecular weight is 357 g/mol. The molecule has 1 aromatic rings. The van der Waals surface area contributed by atoms with Crippen molar-refractivity contribution in [2.24, 2.45) is 0 Å². The van der Waals surface area contributed by atoms with E-state index in [0.29, 0.717) is 10.5 Å². The second-order valence-electron chi connectivity index (χ2n) is 5.87. The molecule has 1 saturated heterocycles. The molecule has 1 amide bonds. The van der Waals surface area contributed by atoms with Gasteiger partial charge in [-0.2, -0.15) is 0 Å². The second kappa shape index (κ2) is 6.88. The van der Waals surface area contributed by atoms with Crippen LogP contribution >= 0.6 is 15.9 Å². The summed E-state index contributed by atoms with van der Waals surface area (Å²) in [5.74, 6) is -0.719. The van der Waals surface area contributed by atoms with Gasteiger partial charge >= 0.3 is 0 Å². The van der Waals surface area contributed by atoms with Crippen LogP contribution in [0.3, 0.4) is 0 Å². The van der Waals surface area contributed by atoms with Gasteiger partial charge in [0.1, 0.15) is 5.82 Å². The molecule has 1 heterocycles. The summed E-state index contributed by atoms with van der Waals surface area (Å²) in [7, 11) is 1.77. The third-order valence-corrected chi connectivity index (χ3v) is 4.93. The first-order valence-electron chi connectivity index (χ1n) is 7.37. The van der Waals surface area contributed by atoms with E-state index in [2.05, 4.69) is 34.7 Å². The van der Waals surface area contributed by atoms with Crippen LogP contribution < -0.4 is 0 Å². The smallest absolute Gasteiger partial charge is 0.257 e. The Morgan fingerprint density at radius 2 is 2.00 bits per heavy atom. The van der Waals surface area contributed by atoms with Gasteiger partial charge in [-0.25, -0.2) is 4.39 Å². The Morgan fingerprint density at radius 1 is 1.38 bits per heavy atom. The Bertz CT molecular complexity index is 493. The van der Waals surface area contributed by atoms with E-state index in [-0.39, 0.29) is 17.5 Å². The van der Waals surface area contributed by atoms with Crippen molar-refractivity contribution in [2.75, 3.05) is 20.1 Å². The molecule has 0 bridgehead atoms. The quantitative estimate of drug-likeness (QED) is 0.826. The van der Waals surface area contributed by atoms with Crippen molar-refractivity contribution >= 4 is 21.8 Å². The number of carbonyl (C=O) groups excluding carboxylic acids is 1. The van der Waals surface area contributed by atoms with Crippen LogP contribution in [0.4, 0.5) is 4.39 Å². The van der Waals surface area contributed by atoms with E-state index in [9.17, 15) is 9.18 Å². The number of rotatable bonds is 3. The van der Waals surface area contributed by atoms with E-state index in [1.807, 2.05) is 0 Å². The molecule has 0 N–H and O–H groups in total. The molecule has 0 aromatic heterocycles. The van der Waals surface area contributed by atoms with Crippen LogP contribution in [-0.4, -0.2) is 47.9 Å². The largest absolute Gasteiger partial charge is 0.339 e. The lowest BCUT2D eigenvalue weighted by Crippen LogP contribution is -2.47. The van der Waals surface area contributed by atoms with Gasteiger partial charge in [-0.05, 0) is 54.8 Å². The number of amides is 1. The molecule has 1 fully saturated rings. The number of hydrogen-bond donors (Lipinski definition) is 0. The number of carbonyl (C=O) groups is 1. The Balaban J connectivity index is 2.07. The maximum Gasteiger partial charge on any atom is 0.257 e. The first-order chi connectivity index (χ1) is 9.91. The molecule has 116 valence electrons. The molecule has 0 atom stereocenters. The van der Waals surface area contributed by atoms with Gasteiger partial charge in [-0.15, -0.1) is 0 Å². The standard InChI is InChI=1S/C16H22BrFN2O/c1-11(2)20-9-7-12(8-10-20)19(3)16(21)15-13(17)5-4-6-14(15)18/h4-6,11-12H,7-10H2,1-3H3. The monoisotopic (exact) mass is 356 g/mol. The molecule has 1 aromatic carbocycles. The topological polar surface area (TPSA) is 23.6 Å². The lowest BCUT2D eigenvalue weighted by Gasteiger charge is -2.38. The normalized spacial score (nSPS) is 17.2. The van der Waals surface area contributed by atoms with E-state index in [4.69, 9.17) is 0 Å². The molecule has 21 heavy (non-hydrogen) atoms. The van der Waals surface area contributed by atoms with Crippen molar-refractivity contribution in [2.45, 2.75) is 38.8 Å². The predicted octanol–water partition coefficient (Wildman–Crippen LogP) is 3.53. The Hall–Kier alpha value is -0.940. The maximum absolute atomic E-state index is 13.9. The minimum atomic E-state index is -0.471. The van der Waals surface area contributed by atoms with Gasteiger partial charge in [0.25, 0.3) is 5.91 Å². The van der Waals surface area contributed by atoms with Gasteiger partial charge in [0.15, 0.2) is 0 Å². The Labute approximate surface area is 134 Å². The first kappa shape index (κ1) is 16.4. The predicted molar refractivity (Wildman–Crippen MR) is 85.9 cm³/mol. The fourth-order valence-electron chi connectivity index (χ4n) is 2.83. The van der Waals surface area contributed by atoms with Crippen LogP contribution in [0, 0.1) is 5.82 Å². The van der Waals surface area contributed by atoms with E-state index in [0.717, 1.165) is 25.9 Å². The SMILES string of the molecule is CC(C)N1CCC(N(C)C(=O)c2c(F)cccc2Br)CC1. The third-order valence-electron chi connectivity index (χ3n) is 4.27. The number of nitrogens with zero attached hydrogens (tertiary/aromatic N) is 2. The first-order valence-corrected chi connectivity index (χ1v) is 8.16. The molecular weight excluding hydrogens is 335 g/mol. The molecule has 1 aliphatic rings. The van der Waals surface area contributed by atoms with E-state index in [1.165, 1.54) is 6.07 Å². The van der Waals surface area contributed by atoms with Crippen molar-refractivity contribution in [3.8, 4) is 0 Å². The van der Waals surface area contributed by atoms with Gasteiger partial charge in [-0.3, -0.25) is 4.79 Å². The van der Waals surface area contributed by atoms with Gasteiger partial charge in [0.05, 0.1) is 5.56 Å². The van der Waals surface area contributed by atoms with E-state index in [1.54, 1.807) is 24.1 Å². The molecule has 0 radical (unpaired) electrons. The van der Waals surface area contributed by atoms with Crippen LogP contribution in [0.5, 0.6) is 0 Å². The van der Waals surface area contributed by atoms with E-state index < -0.39 is 5.82 Å². The maximum atomic E-state index is 13.9. The zero-order chi connectivity index (χ0) is 15.6. The van der Waals surface area contributed by atoms with Gasteiger partial charge in [0, 0.05) is 36.7 Å². The van der Waals surface area contributed by atoms with Crippen molar-refractivity contribution in [3.63, 3.8) is 0 Å². The fourth-order valence-corrected chi connectivity index (χ4v) is 3.35. The fraction of sp³-hybridized carbons (Fsp3) is 0.562. The van der Waals surface area contributed by atoms with Crippen LogP contribution in [0.25, 0.3) is 0 Å². The minimum absolute atomic E-state index is 0.131. The van der Waals surface area contributed by atoms with E-state index >= 15 is 0 Å². The number of piperidine rings is 1. The number of hydrogen-bond acceptors (Lipinski definition) is 2. The summed E-state index contributed by atoms with van der Waals surface area (Å²) < 4.78 is 14.4. The highest BCUT2D eigenvalue weighted by molar-refractivity contribution is 9.10. The molecule has 3 nitrogen and oxygen atoms in total. The summed E-state index contributed by atoms with van der Waals surface area (Å²) in [6.45, 7) is 6.34. The van der Waals surface area contributed by atoms with Crippen molar-refractivity contribution in [1.82, 2.24) is 9.80 Å². The summed E-state index contributed by atoms with van der Waals surface area (Å²) in [5, 5.41) is 0. The van der Waals surface area contributed by atoms with Crippen LogP contribution in [0.2, 0.25) is 0 Å². The molecule has 0 spiro atoms. The van der Waals surface area contributed by atoms with Crippen LogP contribution in [0.1, 0.15) is 37.0 Å². The summed E-state index contributed by atoms with van der Waals surface area (Å²) in [5.41, 5.74) is 0.131.